The molecule has 0 N–H and O–H groups in total. The van der Waals surface area contributed by atoms with Crippen LogP contribution < -0.4 is 34.7 Å². The number of carbonyl (C=O) groups excluding carboxylic acids is 1. The zero-order valence-electron chi connectivity index (χ0n) is 26.5. The Bertz CT molecular complexity index is 1890. The Kier molecular flexibility index (Phi) is 10.4. The van der Waals surface area contributed by atoms with E-state index in [1.54, 1.807) is 6.33 Å². The minimum Gasteiger partial charge on any atom is 1.00 e. The fourth-order valence-electron chi connectivity index (χ4n) is 6.78. The smallest absolute Gasteiger partial charge is 1.00 e. The second kappa shape index (κ2) is 14.9. The summed E-state index contributed by atoms with van der Waals surface area (Å²) in [5.74, 6) is -0.0957. The first-order valence-electron chi connectivity index (χ1n) is 15.5. The van der Waals surface area contributed by atoms with Gasteiger partial charge in [-0.3, -0.25) is 0 Å². The van der Waals surface area contributed by atoms with E-state index in [0.717, 1.165) is 38.9 Å². The molecule has 6 aromatic rings. The normalized spacial score (nSPS) is 13.2. The van der Waals surface area contributed by atoms with Crippen LogP contribution in [0.25, 0.3) is 11.1 Å². The molecule has 1 aliphatic rings. The van der Waals surface area contributed by atoms with Crippen LogP contribution in [0.4, 0.5) is 0 Å². The number of hydrogen-bond acceptors (Lipinski definition) is 5. The molecule has 7 rings (SSSR count). The molecule has 0 bridgehead atoms. The summed E-state index contributed by atoms with van der Waals surface area (Å²) in [6.07, 6.45) is 3.09. The second-order valence-electron chi connectivity index (χ2n) is 11.6. The Morgan fingerprint density at radius 3 is 1.71 bits per heavy atom. The first-order chi connectivity index (χ1) is 23.1. The largest absolute Gasteiger partial charge is 1.00 e. The standard InChI is InChI=1S/C40H32N3O3Se.Na/c44-38(47)37(42-39(45)46-26-36-34-22-12-10-20-32(34)33-21-11-13-23-35(33)36)24-31-25-43(27-41-31)40(28-14-4-1-5-15-28,29-16-6-2-7-17-29)30-18-8-3-9-19-30;/h1-23,25,27,36-37H,24,26H2,(H,42,45);/q;+1/p-1/t37-;/m1./s1. The minimum atomic E-state index is -0.978. The van der Waals surface area contributed by atoms with Gasteiger partial charge < -0.3 is 0 Å². The van der Waals surface area contributed by atoms with E-state index in [0.29, 0.717) is 5.69 Å². The molecule has 1 aromatic heterocycles. The quantitative estimate of drug-likeness (QED) is 0.0953. The number of imidazole rings is 1. The van der Waals surface area contributed by atoms with E-state index in [1.165, 1.54) is 0 Å². The molecule has 0 aliphatic heterocycles. The third kappa shape index (κ3) is 6.45. The molecular formula is C40H31N3NaO3Se. The van der Waals surface area contributed by atoms with Crippen LogP contribution in [0.15, 0.2) is 157 Å². The van der Waals surface area contributed by atoms with E-state index in [1.807, 2.05) is 85.1 Å². The van der Waals surface area contributed by atoms with E-state index in [4.69, 9.17) is 9.72 Å². The van der Waals surface area contributed by atoms with E-state index in [9.17, 15) is 9.90 Å². The van der Waals surface area contributed by atoms with Crippen molar-refractivity contribution in [2.45, 2.75) is 23.9 Å². The summed E-state index contributed by atoms with van der Waals surface area (Å²) in [6, 6.07) is 46.2. The summed E-state index contributed by atoms with van der Waals surface area (Å²) in [5.41, 5.74) is 7.57. The first kappa shape index (κ1) is 33.7. The van der Waals surface area contributed by atoms with Crippen molar-refractivity contribution in [1.29, 1.82) is 0 Å². The maximum absolute atomic E-state index is 13.1. The molecule has 5 aromatic carbocycles. The van der Waals surface area contributed by atoms with Crippen molar-refractivity contribution in [3.05, 3.63) is 186 Å². The third-order valence-electron chi connectivity index (χ3n) is 8.87. The Morgan fingerprint density at radius 2 is 1.23 bits per heavy atom. The van der Waals surface area contributed by atoms with Crippen LogP contribution >= 0.6 is 0 Å². The number of fused-ring (bicyclic) bond motifs is 3. The maximum Gasteiger partial charge on any atom is 1.00 e. The van der Waals surface area contributed by atoms with Gasteiger partial charge in [-0.1, -0.05) is 0 Å². The van der Waals surface area contributed by atoms with Crippen molar-refractivity contribution in [1.82, 2.24) is 9.55 Å². The van der Waals surface area contributed by atoms with Crippen LogP contribution in [-0.2, 0) is 21.5 Å². The summed E-state index contributed by atoms with van der Waals surface area (Å²) < 4.78 is 7.42. The van der Waals surface area contributed by atoms with Crippen molar-refractivity contribution in [3.8, 4) is 11.1 Å². The third-order valence-corrected chi connectivity index (χ3v) is 9.44. The predicted molar refractivity (Wildman–Crippen MR) is 182 cm³/mol. The van der Waals surface area contributed by atoms with E-state index >= 15 is 0 Å². The maximum atomic E-state index is 13.1. The molecule has 231 valence electrons. The average Bonchev–Trinajstić information content (AvgIpc) is 3.71. The number of rotatable bonds is 10. The van der Waals surface area contributed by atoms with Crippen LogP contribution in [0.1, 0.15) is 39.4 Å². The summed E-state index contributed by atoms with van der Waals surface area (Å²) in [6.45, 7) is 0.132. The molecular weight excluding hydrogens is 672 g/mol. The van der Waals surface area contributed by atoms with Gasteiger partial charge in [0.25, 0.3) is 0 Å². The number of carbonyl (C=O) groups is 1. The van der Waals surface area contributed by atoms with Crippen LogP contribution in [0, 0.1) is 0 Å². The molecule has 8 heteroatoms. The molecule has 6 nitrogen and oxygen atoms in total. The molecule has 0 saturated heterocycles. The fourth-order valence-corrected chi connectivity index (χ4v) is 7.06. The molecule has 0 fully saturated rings. The van der Waals surface area contributed by atoms with Crippen molar-refractivity contribution in [2.75, 3.05) is 6.61 Å². The van der Waals surface area contributed by atoms with Crippen LogP contribution in [0.3, 0.4) is 0 Å². The summed E-state index contributed by atoms with van der Waals surface area (Å²) in [7, 11) is 0. The van der Waals surface area contributed by atoms with Crippen molar-refractivity contribution in [3.63, 3.8) is 0 Å². The molecule has 0 spiro atoms. The molecule has 0 amide bonds. The van der Waals surface area contributed by atoms with Gasteiger partial charge in [-0.05, 0) is 0 Å². The topological polar surface area (TPSA) is 79.5 Å². The number of nitrogens with zero attached hydrogens (tertiary/aromatic N) is 3. The Balaban J connectivity index is 0.00000401. The molecule has 1 radical (unpaired) electrons. The zero-order chi connectivity index (χ0) is 32.2. The van der Waals surface area contributed by atoms with Gasteiger partial charge in [0.05, 0.1) is 0 Å². The van der Waals surface area contributed by atoms with Gasteiger partial charge in [0.1, 0.15) is 0 Å². The number of aromatic nitrogens is 2. The first-order valence-corrected chi connectivity index (χ1v) is 16.4. The van der Waals surface area contributed by atoms with Crippen molar-refractivity contribution < 1.29 is 44.2 Å². The summed E-state index contributed by atoms with van der Waals surface area (Å²) >= 11 is 2.53. The average molecular weight is 704 g/mol. The van der Waals surface area contributed by atoms with Gasteiger partial charge in [0.2, 0.25) is 0 Å². The number of aliphatic imine (C=N–C) groups is 1. The number of benzene rings is 5. The van der Waals surface area contributed by atoms with Gasteiger partial charge in [-0.25, -0.2) is 0 Å². The summed E-state index contributed by atoms with van der Waals surface area (Å²) in [4.78, 5) is 21.7. The molecule has 0 unspecified atom stereocenters. The number of ether oxygens (including phenoxy) is 1. The zero-order valence-corrected chi connectivity index (χ0v) is 30.2. The monoisotopic (exact) mass is 704 g/mol. The van der Waals surface area contributed by atoms with Crippen molar-refractivity contribution in [2.24, 2.45) is 4.99 Å². The van der Waals surface area contributed by atoms with Gasteiger partial charge >= 0.3 is 313 Å². The van der Waals surface area contributed by atoms with E-state index in [-0.39, 0.29) is 53.2 Å². The summed E-state index contributed by atoms with van der Waals surface area (Å²) in [5, 5.41) is 13.1. The molecule has 1 aliphatic carbocycles. The molecule has 1 heterocycles. The van der Waals surface area contributed by atoms with Gasteiger partial charge in [0, 0.05) is 0 Å². The molecule has 48 heavy (non-hydrogen) atoms. The number of hydrogen-bond donors (Lipinski definition) is 0. The predicted octanol–water partition coefficient (Wildman–Crippen LogP) is 2.88. The SMILES string of the molecule is O=C([Se])[C@@H](Cc1cn(C(c2ccccc2)(c2ccccc2)c2ccccc2)cn1)N=C([O-])OCC1c2ccccc2-c2ccccc21.[Na+]. The van der Waals surface area contributed by atoms with E-state index < -0.39 is 17.7 Å². The molecule has 1 atom stereocenters. The van der Waals surface area contributed by atoms with E-state index in [2.05, 4.69) is 86.2 Å². The van der Waals surface area contributed by atoms with Crippen LogP contribution in [0.2, 0.25) is 0 Å². The minimum absolute atomic E-state index is 0. The van der Waals surface area contributed by atoms with Gasteiger partial charge in [-0.2, -0.15) is 0 Å². The van der Waals surface area contributed by atoms with Crippen LogP contribution in [-0.4, -0.2) is 49.0 Å². The van der Waals surface area contributed by atoms with Crippen molar-refractivity contribution >= 4 is 26.8 Å². The molecule has 0 saturated carbocycles. The Hall–Kier alpha value is -4.23. The van der Waals surface area contributed by atoms with Crippen LogP contribution in [0.5, 0.6) is 0 Å². The Morgan fingerprint density at radius 1 is 0.771 bits per heavy atom. The fraction of sp³-hybridized carbons (Fsp3) is 0.125. The van der Waals surface area contributed by atoms with Gasteiger partial charge in [-0.15, -0.1) is 0 Å². The van der Waals surface area contributed by atoms with Gasteiger partial charge in [0.15, 0.2) is 0 Å². The second-order valence-corrected chi connectivity index (χ2v) is 12.4. The Labute approximate surface area is 310 Å².